The predicted molar refractivity (Wildman–Crippen MR) is 66.2 cm³/mol. The number of alkyl halides is 2. The SMILES string of the molecule is CCCCOC(=O)C(Br)CCCCBr. The number of ether oxygens (including phenoxy) is 1. The molecule has 0 saturated carbocycles. The minimum atomic E-state index is -0.126. The summed E-state index contributed by atoms with van der Waals surface area (Å²) in [5.41, 5.74) is 0. The van der Waals surface area contributed by atoms with Crippen molar-refractivity contribution in [2.24, 2.45) is 0 Å². The molecule has 0 bridgehead atoms. The average molecular weight is 330 g/mol. The van der Waals surface area contributed by atoms with Crippen LogP contribution in [-0.2, 0) is 9.53 Å². The molecule has 0 radical (unpaired) electrons. The van der Waals surface area contributed by atoms with Crippen LogP contribution in [0.5, 0.6) is 0 Å². The van der Waals surface area contributed by atoms with Gasteiger partial charge in [-0.25, -0.2) is 0 Å². The summed E-state index contributed by atoms with van der Waals surface area (Å²) in [4.78, 5) is 11.2. The van der Waals surface area contributed by atoms with Crippen molar-refractivity contribution >= 4 is 37.8 Å². The van der Waals surface area contributed by atoms with Gasteiger partial charge in [-0.05, 0) is 19.3 Å². The maximum Gasteiger partial charge on any atom is 0.319 e. The van der Waals surface area contributed by atoms with Crippen molar-refractivity contribution in [1.82, 2.24) is 0 Å². The van der Waals surface area contributed by atoms with E-state index in [0.29, 0.717) is 6.61 Å². The van der Waals surface area contributed by atoms with Gasteiger partial charge in [0.05, 0.1) is 6.61 Å². The van der Waals surface area contributed by atoms with E-state index < -0.39 is 0 Å². The Morgan fingerprint density at radius 1 is 1.36 bits per heavy atom. The Kier molecular flexibility index (Phi) is 10.3. The van der Waals surface area contributed by atoms with Crippen LogP contribution < -0.4 is 0 Å². The molecule has 0 aliphatic carbocycles. The Morgan fingerprint density at radius 2 is 2.07 bits per heavy atom. The summed E-state index contributed by atoms with van der Waals surface area (Å²) in [6, 6.07) is 0. The fraction of sp³-hybridized carbons (Fsp3) is 0.900. The molecule has 0 spiro atoms. The van der Waals surface area contributed by atoms with Crippen molar-refractivity contribution in [3.8, 4) is 0 Å². The lowest BCUT2D eigenvalue weighted by Crippen LogP contribution is -2.18. The fourth-order valence-electron chi connectivity index (χ4n) is 0.943. The third kappa shape index (κ3) is 7.80. The number of carbonyl (C=O) groups is 1. The third-order valence-corrected chi connectivity index (χ3v) is 3.23. The van der Waals surface area contributed by atoms with E-state index in [1.54, 1.807) is 0 Å². The zero-order valence-corrected chi connectivity index (χ0v) is 11.8. The Balaban J connectivity index is 3.44. The molecule has 0 saturated heterocycles. The van der Waals surface area contributed by atoms with Crippen molar-refractivity contribution in [2.75, 3.05) is 11.9 Å². The van der Waals surface area contributed by atoms with E-state index in [9.17, 15) is 4.79 Å². The third-order valence-electron chi connectivity index (χ3n) is 1.84. The smallest absolute Gasteiger partial charge is 0.319 e. The number of carbonyl (C=O) groups excluding carboxylic acids is 1. The Hall–Kier alpha value is 0.430. The van der Waals surface area contributed by atoms with Crippen molar-refractivity contribution in [1.29, 1.82) is 0 Å². The summed E-state index contributed by atoms with van der Waals surface area (Å²) < 4.78 is 5.08. The molecule has 0 rings (SSSR count). The van der Waals surface area contributed by atoms with Crippen LogP contribution >= 0.6 is 31.9 Å². The average Bonchev–Trinajstić information content (AvgIpc) is 2.18. The highest BCUT2D eigenvalue weighted by Gasteiger charge is 2.15. The molecule has 0 N–H and O–H groups in total. The number of unbranched alkanes of at least 4 members (excludes halogenated alkanes) is 2. The van der Waals surface area contributed by atoms with E-state index >= 15 is 0 Å². The van der Waals surface area contributed by atoms with Crippen LogP contribution in [0.2, 0.25) is 0 Å². The zero-order valence-electron chi connectivity index (χ0n) is 8.60. The summed E-state index contributed by atoms with van der Waals surface area (Å²) >= 11 is 6.69. The van der Waals surface area contributed by atoms with Crippen LogP contribution in [-0.4, -0.2) is 22.7 Å². The minimum Gasteiger partial charge on any atom is -0.465 e. The molecule has 0 amide bonds. The van der Waals surface area contributed by atoms with E-state index in [0.717, 1.165) is 37.4 Å². The topological polar surface area (TPSA) is 26.3 Å². The first-order chi connectivity index (χ1) is 6.72. The molecule has 4 heteroatoms. The first-order valence-electron chi connectivity index (χ1n) is 5.09. The summed E-state index contributed by atoms with van der Waals surface area (Å²) in [5, 5.41) is 0.998. The van der Waals surface area contributed by atoms with E-state index in [4.69, 9.17) is 4.74 Å². The molecule has 0 aliphatic heterocycles. The monoisotopic (exact) mass is 328 g/mol. The van der Waals surface area contributed by atoms with Gasteiger partial charge in [-0.1, -0.05) is 51.6 Å². The van der Waals surface area contributed by atoms with E-state index in [1.165, 1.54) is 0 Å². The molecule has 1 atom stereocenters. The van der Waals surface area contributed by atoms with E-state index in [1.807, 2.05) is 0 Å². The number of halogens is 2. The van der Waals surface area contributed by atoms with Crippen LogP contribution in [0.1, 0.15) is 39.0 Å². The predicted octanol–water partition coefficient (Wildman–Crippen LogP) is 3.66. The summed E-state index contributed by atoms with van der Waals surface area (Å²) in [6.07, 6.45) is 5.02. The lowest BCUT2D eigenvalue weighted by atomic mass is 10.2. The molecule has 14 heavy (non-hydrogen) atoms. The molecule has 0 heterocycles. The molecule has 1 unspecified atom stereocenters. The lowest BCUT2D eigenvalue weighted by molar-refractivity contribution is -0.143. The second kappa shape index (κ2) is 9.97. The second-order valence-corrected chi connectivity index (χ2v) is 5.07. The number of rotatable bonds is 8. The van der Waals surface area contributed by atoms with Gasteiger partial charge in [0.1, 0.15) is 4.83 Å². The van der Waals surface area contributed by atoms with Crippen LogP contribution in [0.4, 0.5) is 0 Å². The molecule has 0 aromatic heterocycles. The van der Waals surface area contributed by atoms with Gasteiger partial charge in [-0.3, -0.25) is 4.79 Å². The molecule has 0 aromatic rings. The highest BCUT2D eigenvalue weighted by atomic mass is 79.9. The molecule has 0 aliphatic rings. The normalized spacial score (nSPS) is 12.5. The van der Waals surface area contributed by atoms with Gasteiger partial charge >= 0.3 is 5.97 Å². The quantitative estimate of drug-likeness (QED) is 0.386. The van der Waals surface area contributed by atoms with Crippen molar-refractivity contribution in [2.45, 2.75) is 43.9 Å². The Morgan fingerprint density at radius 3 is 2.64 bits per heavy atom. The summed E-state index contributed by atoms with van der Waals surface area (Å²) in [5.74, 6) is -0.118. The lowest BCUT2D eigenvalue weighted by Gasteiger charge is -2.09. The maximum absolute atomic E-state index is 11.3. The van der Waals surface area contributed by atoms with Crippen molar-refractivity contribution in [3.05, 3.63) is 0 Å². The summed E-state index contributed by atoms with van der Waals surface area (Å²) in [6.45, 7) is 2.63. The van der Waals surface area contributed by atoms with Gasteiger partial charge in [-0.15, -0.1) is 0 Å². The van der Waals surface area contributed by atoms with Gasteiger partial charge in [0.15, 0.2) is 0 Å². The Bertz CT molecular complexity index is 151. The number of esters is 1. The number of hydrogen-bond acceptors (Lipinski definition) is 2. The van der Waals surface area contributed by atoms with Crippen LogP contribution in [0.25, 0.3) is 0 Å². The van der Waals surface area contributed by atoms with Crippen molar-refractivity contribution < 1.29 is 9.53 Å². The fourth-order valence-corrected chi connectivity index (χ4v) is 1.80. The van der Waals surface area contributed by atoms with Crippen molar-refractivity contribution in [3.63, 3.8) is 0 Å². The molecule has 84 valence electrons. The summed E-state index contributed by atoms with van der Waals surface area (Å²) in [7, 11) is 0. The maximum atomic E-state index is 11.3. The second-order valence-electron chi connectivity index (χ2n) is 3.17. The molecule has 2 nitrogen and oxygen atoms in total. The van der Waals surface area contributed by atoms with Gasteiger partial charge in [0.2, 0.25) is 0 Å². The first-order valence-corrected chi connectivity index (χ1v) is 7.12. The molecular weight excluding hydrogens is 312 g/mol. The Labute approximate surface area is 103 Å². The highest BCUT2D eigenvalue weighted by Crippen LogP contribution is 2.12. The van der Waals surface area contributed by atoms with E-state index in [-0.39, 0.29) is 10.8 Å². The molecular formula is C10H18Br2O2. The standard InChI is InChI=1S/C10H18Br2O2/c1-2-3-8-14-10(13)9(12)6-4-5-7-11/h9H,2-8H2,1H3. The van der Waals surface area contributed by atoms with Gasteiger partial charge in [-0.2, -0.15) is 0 Å². The largest absolute Gasteiger partial charge is 0.465 e. The van der Waals surface area contributed by atoms with Gasteiger partial charge < -0.3 is 4.74 Å². The first kappa shape index (κ1) is 14.4. The molecule has 0 aromatic carbocycles. The minimum absolute atomic E-state index is 0.118. The highest BCUT2D eigenvalue weighted by molar-refractivity contribution is 9.10. The van der Waals surface area contributed by atoms with E-state index in [2.05, 4.69) is 38.8 Å². The van der Waals surface area contributed by atoms with Crippen LogP contribution in [0.3, 0.4) is 0 Å². The van der Waals surface area contributed by atoms with Gasteiger partial charge in [0.25, 0.3) is 0 Å². The molecule has 0 fully saturated rings. The number of hydrogen-bond donors (Lipinski definition) is 0. The zero-order chi connectivity index (χ0) is 10.8. The van der Waals surface area contributed by atoms with Crippen LogP contribution in [0.15, 0.2) is 0 Å². The van der Waals surface area contributed by atoms with Crippen LogP contribution in [0, 0.1) is 0 Å². The van der Waals surface area contributed by atoms with Gasteiger partial charge in [0, 0.05) is 5.33 Å².